The number of aryl methyl sites for hydroxylation is 1. The van der Waals surface area contributed by atoms with Crippen molar-refractivity contribution in [2.24, 2.45) is 0 Å². The maximum atomic E-state index is 8.82. The predicted octanol–water partition coefficient (Wildman–Crippen LogP) is 2.70. The fourth-order valence-corrected chi connectivity index (χ4v) is 1.53. The van der Waals surface area contributed by atoms with Gasteiger partial charge in [-0.2, -0.15) is 5.26 Å². The lowest BCUT2D eigenvalue weighted by Crippen LogP contribution is -2.17. The Morgan fingerprint density at radius 2 is 2.25 bits per heavy atom. The summed E-state index contributed by atoms with van der Waals surface area (Å²) in [5.41, 5.74) is 2.79. The van der Waals surface area contributed by atoms with Gasteiger partial charge in [0.1, 0.15) is 0 Å². The van der Waals surface area contributed by atoms with Crippen molar-refractivity contribution in [2.75, 3.05) is 19.0 Å². The van der Waals surface area contributed by atoms with E-state index in [2.05, 4.69) is 18.3 Å². The lowest BCUT2D eigenvalue weighted by atomic mass is 10.1. The van der Waals surface area contributed by atoms with Gasteiger partial charge in [-0.1, -0.05) is 0 Å². The van der Waals surface area contributed by atoms with Gasteiger partial charge in [0.15, 0.2) is 0 Å². The van der Waals surface area contributed by atoms with Gasteiger partial charge in [-0.05, 0) is 44.0 Å². The van der Waals surface area contributed by atoms with Crippen molar-refractivity contribution >= 4 is 5.69 Å². The summed E-state index contributed by atoms with van der Waals surface area (Å²) < 4.78 is 5.03. The maximum absolute atomic E-state index is 8.82. The Kier molecular flexibility index (Phi) is 4.81. The number of hydrogen-bond donors (Lipinski definition) is 1. The molecule has 0 aliphatic rings. The molecule has 3 nitrogen and oxygen atoms in total. The van der Waals surface area contributed by atoms with E-state index in [-0.39, 0.29) is 0 Å². The van der Waals surface area contributed by atoms with Crippen LogP contribution >= 0.6 is 0 Å². The van der Waals surface area contributed by atoms with E-state index in [9.17, 15) is 0 Å². The summed E-state index contributed by atoms with van der Waals surface area (Å²) in [5.74, 6) is 0. The molecule has 0 bridgehead atoms. The molecule has 0 heterocycles. The Morgan fingerprint density at radius 3 is 2.81 bits per heavy atom. The van der Waals surface area contributed by atoms with Gasteiger partial charge >= 0.3 is 0 Å². The van der Waals surface area contributed by atoms with Crippen LogP contribution in [0, 0.1) is 18.3 Å². The molecule has 0 fully saturated rings. The standard InChI is InChI=1S/C13H18N2O/c1-10-8-13(5-4-12(10)9-14)15-11(2)6-7-16-3/h4-5,8,11,15H,6-7H2,1-3H3. The smallest absolute Gasteiger partial charge is 0.0994 e. The van der Waals surface area contributed by atoms with E-state index in [0.29, 0.717) is 6.04 Å². The second kappa shape index (κ2) is 6.14. The minimum Gasteiger partial charge on any atom is -0.385 e. The Labute approximate surface area is 97.0 Å². The van der Waals surface area contributed by atoms with E-state index in [1.807, 2.05) is 25.1 Å². The lowest BCUT2D eigenvalue weighted by Gasteiger charge is -2.15. The highest BCUT2D eigenvalue weighted by molar-refractivity contribution is 5.51. The third kappa shape index (κ3) is 3.56. The molecule has 1 unspecified atom stereocenters. The number of nitrogens with one attached hydrogen (secondary N) is 1. The zero-order chi connectivity index (χ0) is 12.0. The highest BCUT2D eigenvalue weighted by Gasteiger charge is 2.03. The molecule has 1 N–H and O–H groups in total. The Morgan fingerprint density at radius 1 is 1.50 bits per heavy atom. The first-order valence-corrected chi connectivity index (χ1v) is 5.43. The molecular weight excluding hydrogens is 200 g/mol. The van der Waals surface area contributed by atoms with Gasteiger partial charge in [0.25, 0.3) is 0 Å². The van der Waals surface area contributed by atoms with Crippen LogP contribution in [0.4, 0.5) is 5.69 Å². The Balaban J connectivity index is 2.61. The summed E-state index contributed by atoms with van der Waals surface area (Å²) in [5, 5.41) is 12.2. The molecule has 16 heavy (non-hydrogen) atoms. The van der Waals surface area contributed by atoms with E-state index in [4.69, 9.17) is 10.00 Å². The minimum absolute atomic E-state index is 0.368. The van der Waals surface area contributed by atoms with Crippen molar-refractivity contribution in [3.8, 4) is 6.07 Å². The van der Waals surface area contributed by atoms with Crippen LogP contribution in [0.1, 0.15) is 24.5 Å². The average Bonchev–Trinajstić information content (AvgIpc) is 2.26. The largest absolute Gasteiger partial charge is 0.385 e. The van der Waals surface area contributed by atoms with Gasteiger partial charge < -0.3 is 10.1 Å². The average molecular weight is 218 g/mol. The molecule has 0 radical (unpaired) electrons. The first kappa shape index (κ1) is 12.5. The Hall–Kier alpha value is -1.53. The summed E-state index contributed by atoms with van der Waals surface area (Å²) in [6.45, 7) is 4.82. The first-order chi connectivity index (χ1) is 7.67. The van der Waals surface area contributed by atoms with Crippen LogP contribution in [0.25, 0.3) is 0 Å². The van der Waals surface area contributed by atoms with Gasteiger partial charge in [-0.3, -0.25) is 0 Å². The molecule has 1 aromatic rings. The van der Waals surface area contributed by atoms with Gasteiger partial charge in [-0.25, -0.2) is 0 Å². The summed E-state index contributed by atoms with van der Waals surface area (Å²) >= 11 is 0. The van der Waals surface area contributed by atoms with Crippen molar-refractivity contribution in [2.45, 2.75) is 26.3 Å². The lowest BCUT2D eigenvalue weighted by molar-refractivity contribution is 0.191. The maximum Gasteiger partial charge on any atom is 0.0994 e. The molecule has 0 aliphatic heterocycles. The molecule has 0 saturated carbocycles. The van der Waals surface area contributed by atoms with E-state index >= 15 is 0 Å². The van der Waals surface area contributed by atoms with Crippen LogP contribution < -0.4 is 5.32 Å². The highest BCUT2D eigenvalue weighted by Crippen LogP contribution is 2.15. The van der Waals surface area contributed by atoms with Crippen LogP contribution in [0.5, 0.6) is 0 Å². The fraction of sp³-hybridized carbons (Fsp3) is 0.462. The van der Waals surface area contributed by atoms with E-state index in [0.717, 1.165) is 29.8 Å². The van der Waals surface area contributed by atoms with Gasteiger partial charge in [0.05, 0.1) is 11.6 Å². The SMILES string of the molecule is COCCC(C)Nc1ccc(C#N)c(C)c1. The molecule has 0 amide bonds. The molecular formula is C13H18N2O. The van der Waals surface area contributed by atoms with Gasteiger partial charge in [0.2, 0.25) is 0 Å². The summed E-state index contributed by atoms with van der Waals surface area (Å²) in [7, 11) is 1.71. The summed E-state index contributed by atoms with van der Waals surface area (Å²) in [6, 6.07) is 8.32. The molecule has 0 spiro atoms. The quantitative estimate of drug-likeness (QED) is 0.826. The zero-order valence-corrected chi connectivity index (χ0v) is 10.1. The van der Waals surface area contributed by atoms with Crippen molar-refractivity contribution in [1.82, 2.24) is 0 Å². The van der Waals surface area contributed by atoms with E-state index < -0.39 is 0 Å². The van der Waals surface area contributed by atoms with Gasteiger partial charge in [-0.15, -0.1) is 0 Å². The molecule has 3 heteroatoms. The zero-order valence-electron chi connectivity index (χ0n) is 10.1. The Bertz CT molecular complexity index is 382. The number of nitriles is 1. The third-order valence-corrected chi connectivity index (χ3v) is 2.51. The van der Waals surface area contributed by atoms with Crippen molar-refractivity contribution < 1.29 is 4.74 Å². The van der Waals surface area contributed by atoms with Crippen molar-refractivity contribution in [3.05, 3.63) is 29.3 Å². The predicted molar refractivity (Wildman–Crippen MR) is 65.5 cm³/mol. The normalized spacial score (nSPS) is 11.9. The topological polar surface area (TPSA) is 45.0 Å². The number of hydrogen-bond acceptors (Lipinski definition) is 3. The third-order valence-electron chi connectivity index (χ3n) is 2.51. The van der Waals surface area contributed by atoms with Crippen LogP contribution in [0.3, 0.4) is 0 Å². The number of nitrogens with zero attached hydrogens (tertiary/aromatic N) is 1. The number of benzene rings is 1. The fourth-order valence-electron chi connectivity index (χ4n) is 1.53. The number of rotatable bonds is 5. The van der Waals surface area contributed by atoms with Crippen LogP contribution in [0.15, 0.2) is 18.2 Å². The summed E-state index contributed by atoms with van der Waals surface area (Å²) in [6.07, 6.45) is 0.968. The molecule has 0 aromatic heterocycles. The van der Waals surface area contributed by atoms with E-state index in [1.165, 1.54) is 0 Å². The number of ether oxygens (including phenoxy) is 1. The molecule has 1 rings (SSSR count). The molecule has 0 saturated heterocycles. The monoisotopic (exact) mass is 218 g/mol. The first-order valence-electron chi connectivity index (χ1n) is 5.43. The van der Waals surface area contributed by atoms with Gasteiger partial charge in [0, 0.05) is 25.4 Å². The second-order valence-corrected chi connectivity index (χ2v) is 3.97. The molecule has 1 atom stereocenters. The van der Waals surface area contributed by atoms with E-state index in [1.54, 1.807) is 7.11 Å². The molecule has 86 valence electrons. The van der Waals surface area contributed by atoms with Crippen molar-refractivity contribution in [3.63, 3.8) is 0 Å². The van der Waals surface area contributed by atoms with Crippen LogP contribution in [-0.2, 0) is 4.74 Å². The second-order valence-electron chi connectivity index (χ2n) is 3.97. The highest BCUT2D eigenvalue weighted by atomic mass is 16.5. The molecule has 0 aliphatic carbocycles. The summed E-state index contributed by atoms with van der Waals surface area (Å²) in [4.78, 5) is 0. The molecule has 1 aromatic carbocycles. The van der Waals surface area contributed by atoms with Crippen LogP contribution in [0.2, 0.25) is 0 Å². The number of methoxy groups -OCH3 is 1. The van der Waals surface area contributed by atoms with Crippen molar-refractivity contribution in [1.29, 1.82) is 5.26 Å². The minimum atomic E-state index is 0.368. The van der Waals surface area contributed by atoms with Crippen LogP contribution in [-0.4, -0.2) is 19.8 Å². The number of anilines is 1.